The van der Waals surface area contributed by atoms with E-state index in [1.165, 1.54) is 53.7 Å². The number of ether oxygens (including phenoxy) is 3. The predicted molar refractivity (Wildman–Crippen MR) is 135 cm³/mol. The molecule has 40 heavy (non-hydrogen) atoms. The predicted octanol–water partition coefficient (Wildman–Crippen LogP) is 5.55. The molecule has 0 aliphatic heterocycles. The Morgan fingerprint density at radius 3 is 1.75 bits per heavy atom. The van der Waals surface area contributed by atoms with Gasteiger partial charge in [0.05, 0.1) is 10.5 Å². The summed E-state index contributed by atoms with van der Waals surface area (Å²) in [5.74, 6) is -3.05. The van der Waals surface area contributed by atoms with Crippen molar-refractivity contribution in [3.05, 3.63) is 51.8 Å². The Labute approximate surface area is 226 Å². The Morgan fingerprint density at radius 1 is 0.925 bits per heavy atom. The second-order valence-electron chi connectivity index (χ2n) is 10.0. The van der Waals surface area contributed by atoms with Gasteiger partial charge in [-0.25, -0.2) is 24.2 Å². The molecule has 0 bridgehead atoms. The molecule has 2 N–H and O–H groups in total. The van der Waals surface area contributed by atoms with E-state index in [1.807, 2.05) is 0 Å². The molecule has 0 fully saturated rings. The molecule has 2 rings (SSSR count). The van der Waals surface area contributed by atoms with Crippen molar-refractivity contribution < 1.29 is 52.9 Å². The second kappa shape index (κ2) is 11.8. The Balaban J connectivity index is 2.68. The van der Waals surface area contributed by atoms with Gasteiger partial charge < -0.3 is 24.4 Å². The van der Waals surface area contributed by atoms with Crippen LogP contribution < -0.4 is 14.5 Å². The van der Waals surface area contributed by atoms with Gasteiger partial charge in [0.15, 0.2) is 11.6 Å². The fraction of sp³-hybridized carbons (Fsp3) is 0.375. The van der Waals surface area contributed by atoms with Crippen molar-refractivity contribution in [2.24, 2.45) is 0 Å². The molecule has 1 aromatic heterocycles. The van der Waals surface area contributed by atoms with Crippen molar-refractivity contribution >= 4 is 41.7 Å². The summed E-state index contributed by atoms with van der Waals surface area (Å²) in [6.45, 7) is 8.12. The number of imide groups is 2. The van der Waals surface area contributed by atoms with Gasteiger partial charge in [-0.3, -0.25) is 10.1 Å². The van der Waals surface area contributed by atoms with Crippen LogP contribution in [-0.4, -0.2) is 55.7 Å². The highest BCUT2D eigenvalue weighted by molar-refractivity contribution is 6.10. The van der Waals surface area contributed by atoms with E-state index in [0.717, 1.165) is 18.2 Å². The molecule has 16 heteroatoms. The number of hydrogen-bond acceptors (Lipinski definition) is 10. The van der Waals surface area contributed by atoms with Crippen molar-refractivity contribution in [2.45, 2.75) is 59.4 Å². The molecule has 216 valence electrons. The van der Waals surface area contributed by atoms with Crippen molar-refractivity contribution in [1.82, 2.24) is 4.98 Å². The van der Waals surface area contributed by atoms with E-state index in [9.17, 15) is 43.9 Å². The zero-order valence-electron chi connectivity index (χ0n) is 22.3. The van der Waals surface area contributed by atoms with E-state index in [1.54, 1.807) is 0 Å². The topological polar surface area (TPSA) is 199 Å². The first-order chi connectivity index (χ1) is 18.3. The van der Waals surface area contributed by atoms with E-state index in [-0.39, 0.29) is 15.4 Å². The lowest BCUT2D eigenvalue weighted by molar-refractivity contribution is -0.388. The third kappa shape index (κ3) is 8.24. The number of benzene rings is 1. The minimum Gasteiger partial charge on any atom is -0.488 e. The number of aromatic nitrogens is 1. The standard InChI is InChI=1S/C24H27FN4O11/c1-23(2,3)39-21(34)27(19(30)31)16-10-14(38-12-13-8-7-9-15(25)18(13)29(36)37)11-17(26-16)28(20(32)33)22(35)40-24(4,5)6/h7-11H,12H2,1-6H3,(H,30,31)(H,32,33). The maximum absolute atomic E-state index is 14.0. The number of carbonyl (C=O) groups is 4. The molecular formula is C24H27FN4O11. The molecule has 0 unspecified atom stereocenters. The first-order valence-electron chi connectivity index (χ1n) is 11.4. The summed E-state index contributed by atoms with van der Waals surface area (Å²) in [6.07, 6.45) is -6.61. The molecule has 4 amide bonds. The van der Waals surface area contributed by atoms with E-state index in [2.05, 4.69) is 4.98 Å². The van der Waals surface area contributed by atoms with Gasteiger partial charge in [0.1, 0.15) is 23.6 Å². The third-order valence-electron chi connectivity index (χ3n) is 4.41. The van der Waals surface area contributed by atoms with Crippen LogP contribution in [0.25, 0.3) is 0 Å². The second-order valence-corrected chi connectivity index (χ2v) is 10.0. The van der Waals surface area contributed by atoms with Crippen LogP contribution in [0, 0.1) is 15.9 Å². The Kier molecular flexibility index (Phi) is 9.20. The number of nitro groups is 1. The Morgan fingerprint density at radius 2 is 1.38 bits per heavy atom. The fourth-order valence-electron chi connectivity index (χ4n) is 2.99. The van der Waals surface area contributed by atoms with Gasteiger partial charge in [0.25, 0.3) is 0 Å². The van der Waals surface area contributed by atoms with Gasteiger partial charge in [0, 0.05) is 12.1 Å². The van der Waals surface area contributed by atoms with Gasteiger partial charge in [0.2, 0.25) is 5.82 Å². The molecule has 2 aromatic rings. The average molecular weight is 566 g/mol. The van der Waals surface area contributed by atoms with Crippen LogP contribution >= 0.6 is 0 Å². The highest BCUT2D eigenvalue weighted by Gasteiger charge is 2.34. The number of nitrogens with zero attached hydrogens (tertiary/aromatic N) is 4. The number of nitro benzene ring substituents is 1. The maximum atomic E-state index is 14.0. The Hall–Kier alpha value is -5.02. The smallest absolute Gasteiger partial charge is 0.425 e. The van der Waals surface area contributed by atoms with Gasteiger partial charge in [-0.1, -0.05) is 6.07 Å². The number of hydrogen-bond donors (Lipinski definition) is 2. The average Bonchev–Trinajstić information content (AvgIpc) is 2.74. The monoisotopic (exact) mass is 566 g/mol. The van der Waals surface area contributed by atoms with Crippen LogP contribution in [0.2, 0.25) is 0 Å². The molecule has 0 spiro atoms. The van der Waals surface area contributed by atoms with E-state index in [0.29, 0.717) is 0 Å². The zero-order chi connectivity index (χ0) is 30.6. The summed E-state index contributed by atoms with van der Waals surface area (Å²) in [5, 5.41) is 30.8. The van der Waals surface area contributed by atoms with Crippen LogP contribution in [0.1, 0.15) is 47.1 Å². The molecule has 1 aromatic carbocycles. The largest absolute Gasteiger partial charge is 0.488 e. The van der Waals surface area contributed by atoms with Crippen molar-refractivity contribution in [3.8, 4) is 5.75 Å². The Bertz CT molecular complexity index is 1270. The van der Waals surface area contributed by atoms with E-state index in [4.69, 9.17) is 14.2 Å². The minimum absolute atomic E-state index is 0.0291. The molecular weight excluding hydrogens is 539 g/mol. The molecule has 15 nitrogen and oxygen atoms in total. The molecule has 1 heterocycles. The molecule has 0 aliphatic carbocycles. The SMILES string of the molecule is CC(C)(C)OC(=O)N(C(=O)O)c1cc(OCc2cccc(F)c2[N+](=O)[O-])cc(N(C(=O)O)C(=O)OC(C)(C)C)n1. The first-order valence-corrected chi connectivity index (χ1v) is 11.4. The molecule has 0 saturated carbocycles. The van der Waals surface area contributed by atoms with Gasteiger partial charge in [-0.15, -0.1) is 0 Å². The van der Waals surface area contributed by atoms with E-state index < -0.39 is 76.0 Å². The van der Waals surface area contributed by atoms with Gasteiger partial charge in [-0.2, -0.15) is 14.2 Å². The van der Waals surface area contributed by atoms with Crippen LogP contribution in [0.4, 0.5) is 40.9 Å². The van der Waals surface area contributed by atoms with E-state index >= 15 is 0 Å². The summed E-state index contributed by atoms with van der Waals surface area (Å²) in [5.41, 5.74) is -3.42. The summed E-state index contributed by atoms with van der Waals surface area (Å²) >= 11 is 0. The number of anilines is 2. The lowest BCUT2D eigenvalue weighted by Gasteiger charge is -2.26. The first kappa shape index (κ1) is 31.2. The highest BCUT2D eigenvalue weighted by Crippen LogP contribution is 2.30. The quantitative estimate of drug-likeness (QED) is 0.327. The summed E-state index contributed by atoms with van der Waals surface area (Å²) in [7, 11) is 0. The lowest BCUT2D eigenvalue weighted by Crippen LogP contribution is -2.42. The minimum atomic E-state index is -1.88. The van der Waals surface area contributed by atoms with Crippen molar-refractivity contribution in [3.63, 3.8) is 0 Å². The third-order valence-corrected chi connectivity index (χ3v) is 4.41. The van der Waals surface area contributed by atoms with Gasteiger partial charge in [-0.05, 0) is 53.7 Å². The zero-order valence-corrected chi connectivity index (χ0v) is 22.3. The molecule has 0 aliphatic rings. The summed E-state index contributed by atoms with van der Waals surface area (Å²) < 4.78 is 29.7. The maximum Gasteiger partial charge on any atom is 0.425 e. The van der Waals surface area contributed by atoms with Crippen molar-refractivity contribution in [2.75, 3.05) is 9.80 Å². The van der Waals surface area contributed by atoms with Crippen molar-refractivity contribution in [1.29, 1.82) is 0 Å². The van der Waals surface area contributed by atoms with Gasteiger partial charge >= 0.3 is 30.1 Å². The van der Waals surface area contributed by atoms with Crippen LogP contribution in [-0.2, 0) is 16.1 Å². The number of rotatable bonds is 6. The number of amides is 4. The molecule has 0 atom stereocenters. The highest BCUT2D eigenvalue weighted by atomic mass is 19.1. The number of pyridine rings is 1. The normalized spacial score (nSPS) is 11.3. The number of carbonyl (C=O) groups excluding carboxylic acids is 2. The molecule has 0 radical (unpaired) electrons. The number of halogens is 1. The molecule has 0 saturated heterocycles. The van der Waals surface area contributed by atoms with Crippen LogP contribution in [0.15, 0.2) is 30.3 Å². The fourth-order valence-corrected chi connectivity index (χ4v) is 2.99. The number of carboxylic acid groups (broad SMARTS) is 2. The van der Waals surface area contributed by atoms with Crippen LogP contribution in [0.5, 0.6) is 5.75 Å². The summed E-state index contributed by atoms with van der Waals surface area (Å²) in [4.78, 5) is 63.7. The lowest BCUT2D eigenvalue weighted by atomic mass is 10.2. The summed E-state index contributed by atoms with van der Waals surface area (Å²) in [6, 6.07) is 5.00. The number of para-hydroxylation sites is 1. The van der Waals surface area contributed by atoms with Crippen LogP contribution in [0.3, 0.4) is 0 Å².